The highest BCUT2D eigenvalue weighted by molar-refractivity contribution is 7.99. The van der Waals surface area contributed by atoms with Crippen LogP contribution < -0.4 is 0 Å². The topological polar surface area (TPSA) is 70.7 Å². The summed E-state index contributed by atoms with van der Waals surface area (Å²) >= 11 is 3.48. The fourth-order valence-corrected chi connectivity index (χ4v) is 5.41. The number of aromatic nitrogens is 6. The quantitative estimate of drug-likeness (QED) is 0.545. The van der Waals surface area contributed by atoms with Crippen LogP contribution in [0.3, 0.4) is 0 Å². The highest BCUT2D eigenvalue weighted by Crippen LogP contribution is 2.25. The Balaban J connectivity index is 1.62. The summed E-state index contributed by atoms with van der Waals surface area (Å²) in [4.78, 5) is 0. The largest absolute Gasteiger partial charge is 0.380 e. The minimum atomic E-state index is 0.710. The fraction of sp³-hybridized carbons (Fsp3) is 0.500. The van der Waals surface area contributed by atoms with Crippen molar-refractivity contribution >= 4 is 23.5 Å². The molecule has 0 fully saturated rings. The van der Waals surface area contributed by atoms with Crippen molar-refractivity contribution in [2.45, 2.75) is 49.1 Å². The number of hydrogen-bond acceptors (Lipinski definition) is 7. The monoisotopic (exact) mass is 428 g/mol. The SMILES string of the molecule is c1ccc2c(c1)Cn1c3nnc1SCCOCCSc1nnc(n1C2)CCCC3. The molecule has 152 valence electrons. The lowest BCUT2D eigenvalue weighted by molar-refractivity contribution is 0.167. The van der Waals surface area contributed by atoms with E-state index < -0.39 is 0 Å². The second-order valence-corrected chi connectivity index (χ2v) is 9.38. The van der Waals surface area contributed by atoms with Crippen molar-refractivity contribution < 1.29 is 4.74 Å². The normalized spacial score (nSPS) is 17.9. The predicted molar refractivity (Wildman–Crippen MR) is 114 cm³/mol. The summed E-state index contributed by atoms with van der Waals surface area (Å²) < 4.78 is 10.4. The van der Waals surface area contributed by atoms with Gasteiger partial charge in [-0.15, -0.1) is 20.4 Å². The van der Waals surface area contributed by atoms with E-state index in [0.29, 0.717) is 13.2 Å². The van der Waals surface area contributed by atoms with Crippen LogP contribution >= 0.6 is 23.5 Å². The van der Waals surface area contributed by atoms with Gasteiger partial charge in [-0.25, -0.2) is 0 Å². The van der Waals surface area contributed by atoms with E-state index in [4.69, 9.17) is 4.74 Å². The Bertz CT molecular complexity index is 908. The van der Waals surface area contributed by atoms with Crippen molar-refractivity contribution in [1.29, 1.82) is 0 Å². The number of benzene rings is 1. The first-order valence-electron chi connectivity index (χ1n) is 10.1. The molecule has 7 nitrogen and oxygen atoms in total. The van der Waals surface area contributed by atoms with Gasteiger partial charge in [0.2, 0.25) is 0 Å². The molecule has 0 N–H and O–H groups in total. The Kier molecular flexibility index (Phi) is 5.87. The van der Waals surface area contributed by atoms with Crippen LogP contribution in [0.1, 0.15) is 35.6 Å². The van der Waals surface area contributed by atoms with Crippen molar-refractivity contribution in [1.82, 2.24) is 29.5 Å². The molecule has 29 heavy (non-hydrogen) atoms. The number of thioether (sulfide) groups is 2. The predicted octanol–water partition coefficient (Wildman–Crippen LogP) is 3.06. The Morgan fingerprint density at radius 1 is 0.724 bits per heavy atom. The third-order valence-corrected chi connectivity index (χ3v) is 7.19. The third-order valence-electron chi connectivity index (χ3n) is 5.33. The van der Waals surface area contributed by atoms with E-state index in [9.17, 15) is 0 Å². The van der Waals surface area contributed by atoms with Gasteiger partial charge in [-0.05, 0) is 24.0 Å². The maximum atomic E-state index is 5.82. The number of nitrogens with zero attached hydrogens (tertiary/aromatic N) is 6. The molecule has 0 unspecified atom stereocenters. The standard InChI is InChI=1S/C20H24N6OS2/c1-2-6-16-14-26-18-8-4-3-7-17-21-23-19(25(17)13-15(16)5-1)28-11-9-27-10-12-29-20(26)24-22-18/h1-2,5-6H,3-4,7-14H2. The molecule has 2 bridgehead atoms. The molecule has 4 heterocycles. The van der Waals surface area contributed by atoms with Crippen LogP contribution in [0.4, 0.5) is 0 Å². The van der Waals surface area contributed by atoms with E-state index in [1.54, 1.807) is 23.5 Å². The molecule has 0 radical (unpaired) electrons. The molecule has 1 aromatic carbocycles. The summed E-state index contributed by atoms with van der Waals surface area (Å²) in [6.07, 6.45) is 4.01. The number of ether oxygens (including phenoxy) is 1. The van der Waals surface area contributed by atoms with Gasteiger partial charge in [0.1, 0.15) is 11.6 Å². The molecule has 0 saturated heterocycles. The van der Waals surface area contributed by atoms with Gasteiger partial charge < -0.3 is 13.9 Å². The van der Waals surface area contributed by atoms with Crippen LogP contribution in [0.15, 0.2) is 34.6 Å². The smallest absolute Gasteiger partial charge is 0.191 e. The van der Waals surface area contributed by atoms with Crippen molar-refractivity contribution in [2.75, 3.05) is 24.7 Å². The zero-order valence-corrected chi connectivity index (χ0v) is 17.9. The van der Waals surface area contributed by atoms with Crippen LogP contribution in [-0.2, 0) is 30.7 Å². The molecular weight excluding hydrogens is 404 g/mol. The Morgan fingerprint density at radius 3 is 1.76 bits per heavy atom. The van der Waals surface area contributed by atoms with Crippen LogP contribution in [0.2, 0.25) is 0 Å². The average molecular weight is 429 g/mol. The molecule has 5 rings (SSSR count). The molecule has 0 saturated carbocycles. The summed E-state index contributed by atoms with van der Waals surface area (Å²) in [7, 11) is 0. The minimum Gasteiger partial charge on any atom is -0.380 e. The third kappa shape index (κ3) is 4.22. The molecule has 0 atom stereocenters. The van der Waals surface area contributed by atoms with Crippen LogP contribution in [0, 0.1) is 0 Å². The van der Waals surface area contributed by atoms with Crippen LogP contribution in [0.5, 0.6) is 0 Å². The van der Waals surface area contributed by atoms with Crippen molar-refractivity contribution in [3.63, 3.8) is 0 Å². The highest BCUT2D eigenvalue weighted by atomic mass is 32.2. The summed E-state index contributed by atoms with van der Waals surface area (Å²) in [5, 5.41) is 20.1. The summed E-state index contributed by atoms with van der Waals surface area (Å²) in [6, 6.07) is 8.67. The van der Waals surface area contributed by atoms with Crippen molar-refractivity contribution in [3.8, 4) is 0 Å². The first kappa shape index (κ1) is 19.1. The maximum Gasteiger partial charge on any atom is 0.191 e. The summed E-state index contributed by atoms with van der Waals surface area (Å²) in [6.45, 7) is 3.01. The molecule has 0 aliphatic carbocycles. The average Bonchev–Trinajstić information content (AvgIpc) is 3.28. The Labute approximate surface area is 178 Å². The molecule has 0 spiro atoms. The molecule has 2 aromatic heterocycles. The lowest BCUT2D eigenvalue weighted by Crippen LogP contribution is -2.13. The van der Waals surface area contributed by atoms with Crippen LogP contribution in [-0.4, -0.2) is 54.2 Å². The molecule has 9 heteroatoms. The minimum absolute atomic E-state index is 0.710. The first-order chi connectivity index (χ1) is 14.4. The van der Waals surface area contributed by atoms with Gasteiger partial charge in [0, 0.05) is 24.3 Å². The lowest BCUT2D eigenvalue weighted by Gasteiger charge is -2.17. The summed E-state index contributed by atoms with van der Waals surface area (Å²) in [5.41, 5.74) is 2.61. The van der Waals surface area contributed by atoms with Crippen LogP contribution in [0.25, 0.3) is 0 Å². The number of rotatable bonds is 0. The Morgan fingerprint density at radius 2 is 1.24 bits per heavy atom. The second-order valence-electron chi connectivity index (χ2n) is 7.26. The van der Waals surface area contributed by atoms with Gasteiger partial charge in [-0.3, -0.25) is 0 Å². The Hall–Kier alpha value is -1.84. The zero-order valence-electron chi connectivity index (χ0n) is 16.3. The molecule has 2 aliphatic rings. The van der Waals surface area contributed by atoms with Gasteiger partial charge in [0.25, 0.3) is 0 Å². The van der Waals surface area contributed by atoms with Gasteiger partial charge in [0.05, 0.1) is 26.3 Å². The second kappa shape index (κ2) is 8.89. The summed E-state index contributed by atoms with van der Waals surface area (Å²) in [5.74, 6) is 3.91. The van der Waals surface area contributed by atoms with Crippen molar-refractivity contribution in [2.24, 2.45) is 0 Å². The van der Waals surface area contributed by atoms with E-state index in [1.165, 1.54) is 11.1 Å². The molecular formula is C20H24N6OS2. The van der Waals surface area contributed by atoms with Gasteiger partial charge >= 0.3 is 0 Å². The fourth-order valence-electron chi connectivity index (χ4n) is 3.80. The molecule has 0 amide bonds. The van der Waals surface area contributed by atoms with E-state index >= 15 is 0 Å². The van der Waals surface area contributed by atoms with E-state index in [-0.39, 0.29) is 0 Å². The van der Waals surface area contributed by atoms with E-state index in [0.717, 1.165) is 72.2 Å². The molecule has 2 aliphatic heterocycles. The van der Waals surface area contributed by atoms with Gasteiger partial charge in [-0.2, -0.15) is 0 Å². The van der Waals surface area contributed by atoms with Gasteiger partial charge in [-0.1, -0.05) is 47.8 Å². The van der Waals surface area contributed by atoms with Crippen molar-refractivity contribution in [3.05, 3.63) is 47.0 Å². The maximum absolute atomic E-state index is 5.82. The van der Waals surface area contributed by atoms with E-state index in [1.807, 2.05) is 0 Å². The highest BCUT2D eigenvalue weighted by Gasteiger charge is 2.19. The number of aryl methyl sites for hydroxylation is 2. The lowest BCUT2D eigenvalue weighted by atomic mass is 10.1. The molecule has 3 aromatic rings. The number of hydrogen-bond donors (Lipinski definition) is 0. The van der Waals surface area contributed by atoms with Gasteiger partial charge in [0.15, 0.2) is 10.3 Å². The first-order valence-corrected chi connectivity index (χ1v) is 12.1. The zero-order chi connectivity index (χ0) is 19.5. The van der Waals surface area contributed by atoms with E-state index in [2.05, 4.69) is 53.8 Å².